The molecular weight excluding hydrogens is 604 g/mol. The van der Waals surface area contributed by atoms with Gasteiger partial charge in [-0.2, -0.15) is 5.26 Å². The molecule has 0 unspecified atom stereocenters. The quantitative estimate of drug-likeness (QED) is 0.0988. The van der Waals surface area contributed by atoms with Crippen molar-refractivity contribution in [1.29, 1.82) is 5.26 Å². The van der Waals surface area contributed by atoms with E-state index < -0.39 is 10.3 Å². The Balaban J connectivity index is 1.43. The lowest BCUT2D eigenvalue weighted by Gasteiger charge is -2.38. The Kier molecular flexibility index (Phi) is 11.1. The van der Waals surface area contributed by atoms with Crippen molar-refractivity contribution in [3.05, 3.63) is 123 Å². The molecule has 3 aromatic rings. The van der Waals surface area contributed by atoms with Gasteiger partial charge in [0.2, 0.25) is 0 Å². The molecule has 2 aliphatic heterocycles. The summed E-state index contributed by atoms with van der Waals surface area (Å²) in [6.45, 7) is 6.31. The van der Waals surface area contributed by atoms with Crippen molar-refractivity contribution < 1.29 is 19.2 Å². The maximum atomic E-state index is 14.2. The Bertz CT molecular complexity index is 1730. The van der Waals surface area contributed by atoms with E-state index in [0.29, 0.717) is 67.9 Å². The number of benzene rings is 3. The first kappa shape index (κ1) is 34.1. The number of nitro groups is 1. The van der Waals surface area contributed by atoms with Gasteiger partial charge in [0.05, 0.1) is 16.4 Å². The Labute approximate surface area is 282 Å². The van der Waals surface area contributed by atoms with E-state index in [2.05, 4.69) is 6.07 Å². The molecule has 0 atom stereocenters. The predicted molar refractivity (Wildman–Crippen MR) is 185 cm³/mol. The summed E-state index contributed by atoms with van der Waals surface area (Å²) in [4.78, 5) is 42.6. The zero-order valence-electron chi connectivity index (χ0n) is 27.7. The summed E-state index contributed by atoms with van der Waals surface area (Å²) in [5.41, 5.74) is 3.59. The molecule has 48 heavy (non-hydrogen) atoms. The first-order valence-corrected chi connectivity index (χ1v) is 16.7. The predicted octanol–water partition coefficient (Wildman–Crippen LogP) is 7.30. The second kappa shape index (κ2) is 15.6. The first-order chi connectivity index (χ1) is 23.2. The molecule has 248 valence electrons. The second-order valence-corrected chi connectivity index (χ2v) is 12.5. The molecule has 0 bridgehead atoms. The third-order valence-corrected chi connectivity index (χ3v) is 9.34. The average Bonchev–Trinajstić information content (AvgIpc) is 3.13. The van der Waals surface area contributed by atoms with Gasteiger partial charge in [-0.05, 0) is 98.0 Å². The summed E-state index contributed by atoms with van der Waals surface area (Å²) in [7, 11) is 0. The molecule has 0 N–H and O–H groups in total. The van der Waals surface area contributed by atoms with Crippen LogP contribution in [0.2, 0.25) is 0 Å². The molecule has 9 nitrogen and oxygen atoms in total. The minimum absolute atomic E-state index is 0.0120. The number of hydrogen-bond acceptors (Lipinski definition) is 6. The first-order valence-electron chi connectivity index (χ1n) is 16.7. The van der Waals surface area contributed by atoms with Crippen molar-refractivity contribution in [2.45, 2.75) is 64.4 Å². The monoisotopic (exact) mass is 646 g/mol. The standard InChI is InChI=1S/C39H42N4O5/c1-3-10-31(37(44)42-23-19-39(28-40,20-24-42)32-11-6-4-7-12-32)25-36(38(45)41-21-8-5-9-22-41)35-26-34(18-13-29(35)2)48-27-30-14-16-33(17-15-30)43(46)47/h4,6-7,10-18,25-26H,3,5,8-9,19-24,27H2,1-2H3/b31-10-,36-25+. The van der Waals surface area contributed by atoms with Crippen LogP contribution in [0.15, 0.2) is 90.5 Å². The number of allylic oxidation sites excluding steroid dienone is 1. The van der Waals surface area contributed by atoms with Crippen molar-refractivity contribution in [3.63, 3.8) is 0 Å². The third-order valence-electron chi connectivity index (χ3n) is 9.34. The lowest BCUT2D eigenvalue weighted by atomic mass is 9.74. The number of carbonyl (C=O) groups is 2. The fourth-order valence-corrected chi connectivity index (χ4v) is 6.46. The molecule has 3 aromatic carbocycles. The number of rotatable bonds is 10. The van der Waals surface area contributed by atoms with Gasteiger partial charge in [0.25, 0.3) is 17.5 Å². The number of nitro benzene ring substituents is 1. The summed E-state index contributed by atoms with van der Waals surface area (Å²) in [5, 5.41) is 21.2. The molecule has 0 spiro atoms. The molecule has 5 rings (SSSR count). The minimum Gasteiger partial charge on any atom is -0.489 e. The SMILES string of the molecule is CC/C=C(/C=C(/C(=O)N1CCCCC1)c1cc(OCc2ccc([N+](=O)[O-])cc2)ccc1C)C(=O)N1CCC(C#N)(c2ccccc2)CC1. The zero-order valence-corrected chi connectivity index (χ0v) is 27.7. The van der Waals surface area contributed by atoms with Gasteiger partial charge in [-0.1, -0.05) is 49.4 Å². The summed E-state index contributed by atoms with van der Waals surface area (Å²) >= 11 is 0. The van der Waals surface area contributed by atoms with Gasteiger partial charge < -0.3 is 14.5 Å². The fraction of sp³-hybridized carbons (Fsp3) is 0.359. The molecule has 0 saturated carbocycles. The normalized spacial score (nSPS) is 16.6. The highest BCUT2D eigenvalue weighted by Gasteiger charge is 2.38. The van der Waals surface area contributed by atoms with E-state index >= 15 is 0 Å². The lowest BCUT2D eigenvalue weighted by molar-refractivity contribution is -0.384. The maximum Gasteiger partial charge on any atom is 0.269 e. The van der Waals surface area contributed by atoms with E-state index in [0.717, 1.165) is 36.0 Å². The second-order valence-electron chi connectivity index (χ2n) is 12.5. The van der Waals surface area contributed by atoms with E-state index in [9.17, 15) is 25.0 Å². The smallest absolute Gasteiger partial charge is 0.269 e. The van der Waals surface area contributed by atoms with Gasteiger partial charge >= 0.3 is 0 Å². The summed E-state index contributed by atoms with van der Waals surface area (Å²) in [5.74, 6) is 0.276. The average molecular weight is 647 g/mol. The number of piperidine rings is 2. The molecule has 2 aliphatic rings. The number of aryl methyl sites for hydroxylation is 1. The van der Waals surface area contributed by atoms with Crippen LogP contribution >= 0.6 is 0 Å². The van der Waals surface area contributed by atoms with E-state index in [1.807, 2.05) is 73.4 Å². The van der Waals surface area contributed by atoms with Crippen molar-refractivity contribution in [1.82, 2.24) is 9.80 Å². The number of ether oxygens (including phenoxy) is 1. The highest BCUT2D eigenvalue weighted by molar-refractivity contribution is 6.21. The highest BCUT2D eigenvalue weighted by atomic mass is 16.6. The molecule has 9 heteroatoms. The van der Waals surface area contributed by atoms with Crippen LogP contribution in [0.5, 0.6) is 5.75 Å². The van der Waals surface area contributed by atoms with Crippen LogP contribution in [-0.2, 0) is 21.6 Å². The highest BCUT2D eigenvalue weighted by Crippen LogP contribution is 2.36. The van der Waals surface area contributed by atoms with Crippen LogP contribution < -0.4 is 4.74 Å². The van der Waals surface area contributed by atoms with Crippen LogP contribution in [0.1, 0.15) is 67.7 Å². The van der Waals surface area contributed by atoms with Crippen LogP contribution in [-0.4, -0.2) is 52.7 Å². The molecule has 2 amide bonds. The Morgan fingerprint density at radius 1 is 0.938 bits per heavy atom. The number of nitriles is 1. The summed E-state index contributed by atoms with van der Waals surface area (Å²) < 4.78 is 6.09. The van der Waals surface area contributed by atoms with Gasteiger partial charge in [0.15, 0.2) is 0 Å². The fourth-order valence-electron chi connectivity index (χ4n) is 6.46. The van der Waals surface area contributed by atoms with Crippen LogP contribution in [0.25, 0.3) is 5.57 Å². The van der Waals surface area contributed by atoms with Gasteiger partial charge in [0, 0.05) is 49.5 Å². The number of likely N-dealkylation sites (tertiary alicyclic amines) is 2. The Morgan fingerprint density at radius 3 is 2.23 bits per heavy atom. The van der Waals surface area contributed by atoms with E-state index in [-0.39, 0.29) is 24.1 Å². The van der Waals surface area contributed by atoms with Crippen LogP contribution in [0, 0.1) is 28.4 Å². The number of amides is 2. The molecule has 0 aliphatic carbocycles. The number of hydrogen-bond donors (Lipinski definition) is 0. The molecule has 0 radical (unpaired) electrons. The molecule has 2 heterocycles. The topological polar surface area (TPSA) is 117 Å². The zero-order chi connectivity index (χ0) is 34.1. The van der Waals surface area contributed by atoms with Gasteiger partial charge in [0.1, 0.15) is 12.4 Å². The molecular formula is C39H42N4O5. The molecule has 2 fully saturated rings. The lowest BCUT2D eigenvalue weighted by Crippen LogP contribution is -2.45. The number of nitrogens with zero attached hydrogens (tertiary/aromatic N) is 4. The maximum absolute atomic E-state index is 14.2. The molecule has 0 aromatic heterocycles. The van der Waals surface area contributed by atoms with Crippen LogP contribution in [0.4, 0.5) is 5.69 Å². The number of carbonyl (C=O) groups excluding carboxylic acids is 2. The minimum atomic E-state index is -0.635. The van der Waals surface area contributed by atoms with E-state index in [1.165, 1.54) is 12.1 Å². The number of non-ortho nitro benzene ring substituents is 1. The van der Waals surface area contributed by atoms with Gasteiger partial charge in [-0.25, -0.2) is 0 Å². The summed E-state index contributed by atoms with van der Waals surface area (Å²) in [6, 6.07) is 24.1. The van der Waals surface area contributed by atoms with Crippen molar-refractivity contribution in [2.24, 2.45) is 0 Å². The largest absolute Gasteiger partial charge is 0.489 e. The third kappa shape index (κ3) is 7.83. The summed E-state index contributed by atoms with van der Waals surface area (Å²) in [6.07, 6.45) is 8.25. The van der Waals surface area contributed by atoms with Gasteiger partial charge in [-0.15, -0.1) is 0 Å². The van der Waals surface area contributed by atoms with Crippen LogP contribution in [0.3, 0.4) is 0 Å². The van der Waals surface area contributed by atoms with Crippen molar-refractivity contribution in [3.8, 4) is 11.8 Å². The Morgan fingerprint density at radius 2 is 1.60 bits per heavy atom. The Hall–Kier alpha value is -5.23. The van der Waals surface area contributed by atoms with Crippen molar-refractivity contribution in [2.75, 3.05) is 26.2 Å². The van der Waals surface area contributed by atoms with E-state index in [4.69, 9.17) is 4.74 Å². The van der Waals surface area contributed by atoms with Gasteiger partial charge in [-0.3, -0.25) is 19.7 Å². The molecule has 2 saturated heterocycles. The van der Waals surface area contributed by atoms with Crippen molar-refractivity contribution >= 4 is 23.1 Å². The van der Waals surface area contributed by atoms with E-state index in [1.54, 1.807) is 23.1 Å².